The van der Waals surface area contributed by atoms with E-state index < -0.39 is 102 Å². The van der Waals surface area contributed by atoms with Gasteiger partial charge in [-0.15, -0.1) is 34.0 Å². The summed E-state index contributed by atoms with van der Waals surface area (Å²) in [5.74, 6) is -1.97. The van der Waals surface area contributed by atoms with Crippen LogP contribution in [0.3, 0.4) is 0 Å². The largest absolute Gasteiger partial charge is 0.463 e. The molecule has 28 nitrogen and oxygen atoms in total. The lowest BCUT2D eigenvalue weighted by atomic mass is 9.94. The summed E-state index contributed by atoms with van der Waals surface area (Å²) in [6, 6.07) is 16.8. The number of nitrogens with zero attached hydrogens (tertiary/aromatic N) is 13. The summed E-state index contributed by atoms with van der Waals surface area (Å²) in [6.07, 6.45) is 9.69. The van der Waals surface area contributed by atoms with Crippen molar-refractivity contribution < 1.29 is 67.0 Å². The number of amidine groups is 3. The van der Waals surface area contributed by atoms with Gasteiger partial charge in [0.1, 0.15) is 40.5 Å². The number of hydrogen-bond acceptors (Lipinski definition) is 26. The lowest BCUT2D eigenvalue weighted by Crippen LogP contribution is -2.40. The molecule has 5 aromatic heterocycles. The molecular weight excluding hydrogens is 1620 g/mol. The first kappa shape index (κ1) is 79.7. The number of fused-ring (bicyclic) bond motifs is 3. The van der Waals surface area contributed by atoms with E-state index in [0.717, 1.165) is 12.1 Å². The van der Waals surface area contributed by atoms with Crippen LogP contribution in [0, 0.1) is 17.5 Å². The molecule has 4 aromatic carbocycles. The molecule has 3 N–H and O–H groups in total. The molecule has 11 heterocycles. The lowest BCUT2D eigenvalue weighted by molar-refractivity contribution is -0.140. The molecule has 6 atom stereocenters. The molecule has 111 heavy (non-hydrogen) atoms. The number of sulfonamides is 3. The number of aromatic nitrogens is 7. The van der Waals surface area contributed by atoms with Crippen molar-refractivity contribution in [2.75, 3.05) is 39.5 Å². The molecule has 0 amide bonds. The summed E-state index contributed by atoms with van der Waals surface area (Å²) in [7, 11) is -8.36. The van der Waals surface area contributed by atoms with Crippen molar-refractivity contribution in [3.63, 3.8) is 0 Å². The van der Waals surface area contributed by atoms with E-state index in [0.29, 0.717) is 66.3 Å². The van der Waals surface area contributed by atoms with Gasteiger partial charge in [-0.2, -0.15) is 10.2 Å². The second kappa shape index (κ2) is 33.5. The fraction of sp³-hybridized carbons (Fsp3) is 0.282. The van der Waals surface area contributed by atoms with Crippen molar-refractivity contribution in [2.45, 2.75) is 91.1 Å². The number of thiazole rings is 3. The van der Waals surface area contributed by atoms with Crippen molar-refractivity contribution in [1.29, 1.82) is 0 Å². The van der Waals surface area contributed by atoms with E-state index in [4.69, 9.17) is 64.0 Å². The smallest absolute Gasteiger partial charge is 0.338 e. The number of nitrogens with one attached hydrogen (secondary N) is 3. The Bertz CT molecular complexity index is 5390. The van der Waals surface area contributed by atoms with Crippen LogP contribution in [-0.4, -0.2) is 167 Å². The van der Waals surface area contributed by atoms with Gasteiger partial charge in [0.2, 0.25) is 20.0 Å². The maximum Gasteiger partial charge on any atom is 0.338 e. The van der Waals surface area contributed by atoms with Gasteiger partial charge in [0.25, 0.3) is 10.0 Å². The highest BCUT2D eigenvalue weighted by molar-refractivity contribution is 7.90. The van der Waals surface area contributed by atoms with Crippen LogP contribution < -0.4 is 14.2 Å². The zero-order valence-corrected chi connectivity index (χ0v) is 66.3. The summed E-state index contributed by atoms with van der Waals surface area (Å²) >= 11 is 23.3. The standard InChI is InChI=1S/C25H22ClFN4O4S2.2C23H22ClFN6O4S2/c1-2-35-25(32)21-20-13-16(30-37(33,34)17-6-4-3-5-7-17)14-31(20)23(24-28-10-11-36-24)29-22(21)18-9-8-15(27)12-19(18)26;1-3-35-23(32)19-17-11-14(29-37(33,34)18-6-8-30(2)28-18)12-31(17)21(22-26-7-9-36-22)27-20(19)15-5-4-13(25)10-16(15)24;1-3-35-23(32)19-18-9-14(29-37(33,34)15-10-27-30(2)12-15)11-31(18)21(22-26-6-7-36-22)28-20(19)16-5-4-13(25)8-17(16)24/h3-12,16,22,30H,2,13-14H2,1H3;4-10,14,20,29H,3,11-12H2,1-2H3;4-8,10,12,14,20,29H,3,9,11H2,1-2H3/t16-,22-;2*14-,20-/m000/s1. The molecule has 0 saturated carbocycles. The van der Waals surface area contributed by atoms with E-state index in [1.165, 1.54) is 123 Å². The third-order valence-corrected chi connectivity index (χ3v) is 25.6. The zero-order chi connectivity index (χ0) is 78.8. The van der Waals surface area contributed by atoms with Gasteiger partial charge < -0.3 is 28.9 Å². The molecule has 0 unspecified atom stereocenters. The van der Waals surface area contributed by atoms with Crippen LogP contribution in [0.15, 0.2) is 208 Å². The molecule has 0 bridgehead atoms. The number of esters is 3. The zero-order valence-electron chi connectivity index (χ0n) is 59.1. The van der Waals surface area contributed by atoms with E-state index in [-0.39, 0.29) is 105 Å². The summed E-state index contributed by atoms with van der Waals surface area (Å²) in [5.41, 5.74) is 3.59. The van der Waals surface area contributed by atoms with E-state index in [2.05, 4.69) is 39.3 Å². The molecule has 0 radical (unpaired) electrons. The monoisotopic (exact) mass is 1690 g/mol. The van der Waals surface area contributed by atoms with Crippen LogP contribution in [0.2, 0.25) is 15.1 Å². The number of benzene rings is 4. The maximum atomic E-state index is 13.8. The average molecular weight is 1690 g/mol. The number of ether oxygens (including phenoxy) is 3. The third-order valence-electron chi connectivity index (χ3n) is 17.9. The molecular formula is C71H66Cl3F3N16O12S6. The molecule has 6 aliphatic rings. The molecule has 0 spiro atoms. The number of rotatable bonds is 21. The van der Waals surface area contributed by atoms with Gasteiger partial charge in [-0.05, 0) is 75.4 Å². The molecule has 9 aromatic rings. The minimum atomic E-state index is -3.93. The summed E-state index contributed by atoms with van der Waals surface area (Å²) < 4.78 is 147. The van der Waals surface area contributed by atoms with Crippen molar-refractivity contribution in [1.82, 2.24) is 63.4 Å². The van der Waals surface area contributed by atoms with Gasteiger partial charge in [-0.25, -0.2) is 81.9 Å². The van der Waals surface area contributed by atoms with Gasteiger partial charge in [0.05, 0.1) is 47.6 Å². The number of aliphatic imine (C=N–C) groups is 3. The molecule has 6 aliphatic heterocycles. The fourth-order valence-electron chi connectivity index (χ4n) is 13.3. The highest BCUT2D eigenvalue weighted by Crippen LogP contribution is 2.47. The average Bonchev–Trinajstić information content (AvgIpc) is 1.63. The van der Waals surface area contributed by atoms with Gasteiger partial charge in [-0.3, -0.25) is 24.3 Å². The fourth-order valence-corrected chi connectivity index (χ4v) is 19.7. The van der Waals surface area contributed by atoms with Gasteiger partial charge in [0.15, 0.2) is 37.6 Å². The summed E-state index contributed by atoms with van der Waals surface area (Å²) in [4.78, 5) is 73.0. The Morgan fingerprint density at radius 2 is 0.856 bits per heavy atom. The van der Waals surface area contributed by atoms with Crippen LogP contribution in [0.5, 0.6) is 0 Å². The highest BCUT2D eigenvalue weighted by atomic mass is 35.5. The third kappa shape index (κ3) is 17.2. The van der Waals surface area contributed by atoms with Crippen molar-refractivity contribution in [2.24, 2.45) is 29.1 Å². The number of halogens is 6. The number of hydrogen-bond donors (Lipinski definition) is 3. The first-order valence-corrected chi connectivity index (χ1v) is 42.3. The normalized spacial score (nSPS) is 19.6. The SMILES string of the molecule is CCOC(=O)C1=C2C[C@H](NS(=O)(=O)c3ccccc3)CN2C(c2nccs2)=N[C@H]1c1ccc(F)cc1Cl.CCOC(=O)C1=C2C[C@H](NS(=O)(=O)c3ccn(C)n3)CN2C(c2nccs2)=N[C@H]1c1ccc(F)cc1Cl.CCOC(=O)C1=C2C[C@H](NS(=O)(=O)c3cnn(C)c3)CN2C(c2nccs2)=N[C@H]1c1ccc(F)cc1Cl. The van der Waals surface area contributed by atoms with Gasteiger partial charge in [-0.1, -0.05) is 71.2 Å². The predicted octanol–water partition coefficient (Wildman–Crippen LogP) is 10.4. The van der Waals surface area contributed by atoms with Crippen LogP contribution in [0.25, 0.3) is 0 Å². The van der Waals surface area contributed by atoms with Gasteiger partial charge >= 0.3 is 17.9 Å². The van der Waals surface area contributed by atoms with Crippen LogP contribution >= 0.6 is 68.8 Å². The molecule has 40 heteroatoms. The number of carbonyl (C=O) groups is 3. The number of carbonyl (C=O) groups excluding carboxylic acids is 3. The second-order valence-corrected chi connectivity index (χ2v) is 34.2. The first-order valence-electron chi connectivity index (χ1n) is 34.0. The van der Waals surface area contributed by atoms with Crippen molar-refractivity contribution in [3.8, 4) is 0 Å². The van der Waals surface area contributed by atoms with Crippen molar-refractivity contribution >= 4 is 134 Å². The van der Waals surface area contributed by atoms with E-state index in [1.54, 1.807) is 102 Å². The van der Waals surface area contributed by atoms with Crippen LogP contribution in [-0.2, 0) is 72.8 Å². The Labute approximate surface area is 661 Å². The Morgan fingerprint density at radius 1 is 0.495 bits per heavy atom. The Kier molecular flexibility index (Phi) is 24.1. The first-order chi connectivity index (χ1) is 53.1. The molecule has 3 fully saturated rings. The van der Waals surface area contributed by atoms with E-state index in [1.807, 2.05) is 0 Å². The Hall–Kier alpha value is -9.38. The Morgan fingerprint density at radius 3 is 1.16 bits per heavy atom. The van der Waals surface area contributed by atoms with Gasteiger partial charge in [0, 0.05) is 167 Å². The molecule has 3 saturated heterocycles. The summed E-state index contributed by atoms with van der Waals surface area (Å²) in [5, 5.41) is 15.3. The number of aryl methyl sites for hydroxylation is 2. The highest BCUT2D eigenvalue weighted by Gasteiger charge is 2.48. The minimum absolute atomic E-state index is 0.0317. The van der Waals surface area contributed by atoms with E-state index in [9.17, 15) is 52.8 Å². The second-order valence-electron chi connectivity index (χ2n) is 25.2. The quantitative estimate of drug-likeness (QED) is 0.0444. The molecule has 0 aliphatic carbocycles. The Balaban J connectivity index is 0.000000146. The maximum absolute atomic E-state index is 13.8. The van der Waals surface area contributed by atoms with Crippen LogP contribution in [0.4, 0.5) is 13.2 Å². The minimum Gasteiger partial charge on any atom is -0.463 e. The lowest BCUT2D eigenvalue weighted by Gasteiger charge is -2.31. The topological polar surface area (TPSA) is 339 Å². The molecule has 580 valence electrons. The predicted molar refractivity (Wildman–Crippen MR) is 409 cm³/mol. The summed E-state index contributed by atoms with van der Waals surface area (Å²) in [6.45, 7) is 6.09. The van der Waals surface area contributed by atoms with E-state index >= 15 is 0 Å². The van der Waals surface area contributed by atoms with Crippen LogP contribution in [0.1, 0.15) is 89.9 Å². The van der Waals surface area contributed by atoms with Crippen molar-refractivity contribution in [3.05, 3.63) is 242 Å². The molecule has 15 rings (SSSR count).